The van der Waals surface area contributed by atoms with E-state index in [0.29, 0.717) is 19.6 Å². The smallest absolute Gasteiger partial charge is 0.317 e. The van der Waals surface area contributed by atoms with Gasteiger partial charge >= 0.3 is 12.0 Å². The molecule has 0 saturated carbocycles. The molecule has 1 saturated heterocycles. The lowest BCUT2D eigenvalue weighted by Gasteiger charge is -2.41. The number of nitrogens with zero attached hydrogens (tertiary/aromatic N) is 2. The van der Waals surface area contributed by atoms with Crippen molar-refractivity contribution in [3.05, 3.63) is 29.6 Å². The number of rotatable bonds is 5. The molecule has 0 aromatic carbocycles. The van der Waals surface area contributed by atoms with Crippen molar-refractivity contribution in [2.24, 2.45) is 11.8 Å². The zero-order chi connectivity index (χ0) is 15.4. The van der Waals surface area contributed by atoms with Crippen LogP contribution in [0.2, 0.25) is 0 Å². The first-order valence-corrected chi connectivity index (χ1v) is 7.21. The van der Waals surface area contributed by atoms with Crippen LogP contribution in [0.25, 0.3) is 0 Å². The fourth-order valence-electron chi connectivity index (χ4n) is 2.42. The van der Waals surface area contributed by atoms with E-state index in [4.69, 9.17) is 5.11 Å². The van der Waals surface area contributed by atoms with E-state index in [2.05, 4.69) is 17.2 Å². The summed E-state index contributed by atoms with van der Waals surface area (Å²) in [7, 11) is 0. The molecule has 1 unspecified atom stereocenters. The molecular weight excluding hydrogens is 270 g/mol. The maximum atomic E-state index is 12.0. The van der Waals surface area contributed by atoms with E-state index in [1.54, 1.807) is 18.0 Å². The highest BCUT2D eigenvalue weighted by Crippen LogP contribution is 2.23. The van der Waals surface area contributed by atoms with Crippen molar-refractivity contribution in [1.82, 2.24) is 15.2 Å². The number of urea groups is 1. The molecule has 114 valence electrons. The number of hydrogen-bond acceptors (Lipinski definition) is 3. The number of carbonyl (C=O) groups is 2. The Labute approximate surface area is 124 Å². The number of pyridine rings is 1. The topological polar surface area (TPSA) is 82.5 Å². The van der Waals surface area contributed by atoms with Crippen LogP contribution in [0.1, 0.15) is 25.1 Å². The fraction of sp³-hybridized carbons (Fsp3) is 0.533. The molecule has 1 aliphatic heterocycles. The standard InChI is InChI=1S/C15H21N3O3/c1-3-11-5-4-6-16-13(11)7-17-15(21)18-8-12(9-18)10(2)14(19)20/h4-6,10,12H,3,7-9H2,1-2H3,(H,17,21)(H,19,20). The second kappa shape index (κ2) is 6.56. The van der Waals surface area contributed by atoms with Gasteiger partial charge < -0.3 is 15.3 Å². The summed E-state index contributed by atoms with van der Waals surface area (Å²) in [5.74, 6) is -1.16. The van der Waals surface area contributed by atoms with Crippen molar-refractivity contribution in [3.8, 4) is 0 Å². The van der Waals surface area contributed by atoms with Crippen molar-refractivity contribution in [2.45, 2.75) is 26.8 Å². The first-order valence-electron chi connectivity index (χ1n) is 7.21. The van der Waals surface area contributed by atoms with Crippen LogP contribution in [0.4, 0.5) is 4.79 Å². The van der Waals surface area contributed by atoms with Crippen LogP contribution < -0.4 is 5.32 Å². The first-order chi connectivity index (χ1) is 10.0. The van der Waals surface area contributed by atoms with E-state index >= 15 is 0 Å². The Bertz CT molecular complexity index is 527. The molecule has 0 bridgehead atoms. The molecule has 2 amide bonds. The molecule has 1 fully saturated rings. The summed E-state index contributed by atoms with van der Waals surface area (Å²) in [6.45, 7) is 5.14. The molecule has 6 nitrogen and oxygen atoms in total. The number of carbonyl (C=O) groups excluding carboxylic acids is 1. The van der Waals surface area contributed by atoms with Crippen LogP contribution in [0, 0.1) is 11.8 Å². The number of carboxylic acid groups (broad SMARTS) is 1. The lowest BCUT2D eigenvalue weighted by molar-refractivity contribution is -0.144. The average molecular weight is 291 g/mol. The molecular formula is C15H21N3O3. The summed E-state index contributed by atoms with van der Waals surface area (Å²) in [6.07, 6.45) is 2.59. The Kier molecular flexibility index (Phi) is 4.77. The molecule has 1 aromatic heterocycles. The van der Waals surface area contributed by atoms with Gasteiger partial charge in [-0.3, -0.25) is 9.78 Å². The summed E-state index contributed by atoms with van der Waals surface area (Å²) in [6, 6.07) is 3.73. The monoisotopic (exact) mass is 291 g/mol. The molecule has 0 aliphatic carbocycles. The predicted molar refractivity (Wildman–Crippen MR) is 77.7 cm³/mol. The van der Waals surface area contributed by atoms with E-state index in [1.807, 2.05) is 12.1 Å². The van der Waals surface area contributed by atoms with Gasteiger partial charge in [0.2, 0.25) is 0 Å². The zero-order valence-electron chi connectivity index (χ0n) is 12.4. The van der Waals surface area contributed by atoms with Crippen molar-refractivity contribution in [3.63, 3.8) is 0 Å². The number of nitrogens with one attached hydrogen (secondary N) is 1. The van der Waals surface area contributed by atoms with Crippen molar-refractivity contribution in [1.29, 1.82) is 0 Å². The van der Waals surface area contributed by atoms with Crippen molar-refractivity contribution >= 4 is 12.0 Å². The van der Waals surface area contributed by atoms with Gasteiger partial charge in [-0.2, -0.15) is 0 Å². The number of aliphatic carboxylic acids is 1. The first kappa shape index (κ1) is 15.3. The normalized spacial score (nSPS) is 16.2. The minimum atomic E-state index is -0.805. The Morgan fingerprint density at radius 3 is 2.86 bits per heavy atom. The maximum Gasteiger partial charge on any atom is 0.317 e. The highest BCUT2D eigenvalue weighted by molar-refractivity contribution is 5.76. The van der Waals surface area contributed by atoms with E-state index in [9.17, 15) is 9.59 Å². The predicted octanol–water partition coefficient (Wildman–Crippen LogP) is 1.51. The second-order valence-electron chi connectivity index (χ2n) is 5.41. The highest BCUT2D eigenvalue weighted by atomic mass is 16.4. The molecule has 1 aliphatic rings. The number of aromatic nitrogens is 1. The molecule has 6 heteroatoms. The lowest BCUT2D eigenvalue weighted by Crippen LogP contribution is -2.56. The summed E-state index contributed by atoms with van der Waals surface area (Å²) in [4.78, 5) is 28.8. The summed E-state index contributed by atoms with van der Waals surface area (Å²) in [5, 5.41) is 11.8. The lowest BCUT2D eigenvalue weighted by atomic mass is 9.87. The highest BCUT2D eigenvalue weighted by Gasteiger charge is 2.37. The number of amides is 2. The maximum absolute atomic E-state index is 12.0. The number of hydrogen-bond donors (Lipinski definition) is 2. The van der Waals surface area contributed by atoms with E-state index in [0.717, 1.165) is 17.7 Å². The molecule has 2 rings (SSSR count). The van der Waals surface area contributed by atoms with E-state index in [-0.39, 0.29) is 11.9 Å². The van der Waals surface area contributed by atoms with Crippen LogP contribution in [-0.2, 0) is 17.8 Å². The van der Waals surface area contributed by atoms with Gasteiger partial charge in [-0.15, -0.1) is 0 Å². The zero-order valence-corrected chi connectivity index (χ0v) is 12.4. The van der Waals surface area contributed by atoms with Crippen LogP contribution >= 0.6 is 0 Å². The minimum Gasteiger partial charge on any atom is -0.481 e. The number of aryl methyl sites for hydroxylation is 1. The van der Waals surface area contributed by atoms with Crippen LogP contribution in [0.5, 0.6) is 0 Å². The van der Waals surface area contributed by atoms with Crippen molar-refractivity contribution in [2.75, 3.05) is 13.1 Å². The molecule has 0 spiro atoms. The Morgan fingerprint density at radius 1 is 1.52 bits per heavy atom. The summed E-state index contributed by atoms with van der Waals surface area (Å²) < 4.78 is 0. The second-order valence-corrected chi connectivity index (χ2v) is 5.41. The summed E-state index contributed by atoms with van der Waals surface area (Å²) in [5.41, 5.74) is 2.00. The SMILES string of the molecule is CCc1cccnc1CNC(=O)N1CC(C(C)C(=O)O)C1. The number of carboxylic acids is 1. The third-order valence-corrected chi connectivity index (χ3v) is 4.07. The van der Waals surface area contributed by atoms with E-state index in [1.165, 1.54) is 0 Å². The van der Waals surface area contributed by atoms with Gasteiger partial charge in [-0.1, -0.05) is 19.9 Å². The molecule has 2 N–H and O–H groups in total. The van der Waals surface area contributed by atoms with Crippen LogP contribution in [0.3, 0.4) is 0 Å². The Balaban J connectivity index is 1.80. The Morgan fingerprint density at radius 2 is 2.24 bits per heavy atom. The van der Waals surface area contributed by atoms with Gasteiger partial charge in [0.15, 0.2) is 0 Å². The van der Waals surface area contributed by atoms with Gasteiger partial charge in [-0.25, -0.2) is 4.79 Å². The van der Waals surface area contributed by atoms with Gasteiger partial charge in [0, 0.05) is 25.2 Å². The fourth-order valence-corrected chi connectivity index (χ4v) is 2.42. The van der Waals surface area contributed by atoms with Gasteiger partial charge in [0.05, 0.1) is 18.2 Å². The average Bonchev–Trinajstić information content (AvgIpc) is 2.43. The quantitative estimate of drug-likeness (QED) is 0.861. The number of likely N-dealkylation sites (tertiary alicyclic amines) is 1. The molecule has 1 atom stereocenters. The van der Waals surface area contributed by atoms with E-state index < -0.39 is 11.9 Å². The van der Waals surface area contributed by atoms with Gasteiger partial charge in [0.1, 0.15) is 0 Å². The third kappa shape index (κ3) is 3.51. The summed E-state index contributed by atoms with van der Waals surface area (Å²) >= 11 is 0. The molecule has 21 heavy (non-hydrogen) atoms. The minimum absolute atomic E-state index is 0.0503. The van der Waals surface area contributed by atoms with Gasteiger partial charge in [-0.05, 0) is 18.1 Å². The van der Waals surface area contributed by atoms with Crippen LogP contribution in [-0.4, -0.2) is 40.1 Å². The van der Waals surface area contributed by atoms with Gasteiger partial charge in [0.25, 0.3) is 0 Å². The molecule has 0 radical (unpaired) electrons. The largest absolute Gasteiger partial charge is 0.481 e. The Hall–Kier alpha value is -2.11. The molecule has 1 aromatic rings. The molecule has 2 heterocycles. The third-order valence-electron chi connectivity index (χ3n) is 4.07. The van der Waals surface area contributed by atoms with Crippen molar-refractivity contribution < 1.29 is 14.7 Å². The van der Waals surface area contributed by atoms with Crippen LogP contribution in [0.15, 0.2) is 18.3 Å².